The zero-order valence-corrected chi connectivity index (χ0v) is 14.7. The van der Waals surface area contributed by atoms with Gasteiger partial charge in [-0.3, -0.25) is 4.79 Å². The van der Waals surface area contributed by atoms with E-state index in [0.29, 0.717) is 31.2 Å². The van der Waals surface area contributed by atoms with E-state index in [9.17, 15) is 9.18 Å². The number of carbonyl (C=O) groups is 1. The highest BCUT2D eigenvalue weighted by Gasteiger charge is 2.26. The predicted octanol–water partition coefficient (Wildman–Crippen LogP) is 4.24. The van der Waals surface area contributed by atoms with Crippen LogP contribution in [0, 0.1) is 11.7 Å². The van der Waals surface area contributed by atoms with Crippen LogP contribution in [-0.2, 0) is 11.2 Å². The standard InChI is InChI=1S/C21H24FNO2/c1-15(2)12-16-6-8-17(9-7-16)21(24)23-10-11-25-20(14-23)18-4-3-5-19(22)13-18/h3-9,13,15,20H,10-12,14H2,1-2H3. The van der Waals surface area contributed by atoms with Crippen molar-refractivity contribution in [2.24, 2.45) is 5.92 Å². The Morgan fingerprint density at radius 3 is 2.68 bits per heavy atom. The predicted molar refractivity (Wildman–Crippen MR) is 96.0 cm³/mol. The van der Waals surface area contributed by atoms with Crippen molar-refractivity contribution < 1.29 is 13.9 Å². The van der Waals surface area contributed by atoms with Gasteiger partial charge in [-0.05, 0) is 47.7 Å². The first-order valence-electron chi connectivity index (χ1n) is 8.78. The molecule has 0 saturated carbocycles. The Kier molecular flexibility index (Phi) is 5.49. The molecule has 0 radical (unpaired) electrons. The fraction of sp³-hybridized carbons (Fsp3) is 0.381. The first-order chi connectivity index (χ1) is 12.0. The van der Waals surface area contributed by atoms with Crippen LogP contribution in [0.2, 0.25) is 0 Å². The van der Waals surface area contributed by atoms with Crippen molar-refractivity contribution in [1.82, 2.24) is 4.90 Å². The number of hydrogen-bond donors (Lipinski definition) is 0. The maximum Gasteiger partial charge on any atom is 0.254 e. The second-order valence-corrected chi connectivity index (χ2v) is 6.96. The van der Waals surface area contributed by atoms with E-state index < -0.39 is 0 Å². The number of nitrogens with zero attached hydrogens (tertiary/aromatic N) is 1. The number of halogens is 1. The molecule has 1 heterocycles. The van der Waals surface area contributed by atoms with E-state index >= 15 is 0 Å². The Bertz CT molecular complexity index is 727. The van der Waals surface area contributed by atoms with Crippen molar-refractivity contribution in [3.05, 3.63) is 71.0 Å². The van der Waals surface area contributed by atoms with Gasteiger partial charge in [-0.2, -0.15) is 0 Å². The van der Waals surface area contributed by atoms with E-state index in [1.807, 2.05) is 30.3 Å². The molecule has 3 nitrogen and oxygen atoms in total. The minimum Gasteiger partial charge on any atom is -0.370 e. The van der Waals surface area contributed by atoms with Gasteiger partial charge in [0, 0.05) is 12.1 Å². The minimum atomic E-state index is -0.287. The molecule has 132 valence electrons. The fourth-order valence-electron chi connectivity index (χ4n) is 3.18. The summed E-state index contributed by atoms with van der Waals surface area (Å²) in [5.41, 5.74) is 2.70. The van der Waals surface area contributed by atoms with Gasteiger partial charge in [-0.15, -0.1) is 0 Å². The van der Waals surface area contributed by atoms with Crippen molar-refractivity contribution >= 4 is 5.91 Å². The number of rotatable bonds is 4. The van der Waals surface area contributed by atoms with E-state index in [2.05, 4.69) is 13.8 Å². The molecule has 2 aromatic carbocycles. The van der Waals surface area contributed by atoms with Crippen LogP contribution < -0.4 is 0 Å². The third kappa shape index (κ3) is 4.45. The smallest absolute Gasteiger partial charge is 0.254 e. The van der Waals surface area contributed by atoms with Gasteiger partial charge in [0.25, 0.3) is 5.91 Å². The van der Waals surface area contributed by atoms with Crippen LogP contribution >= 0.6 is 0 Å². The lowest BCUT2D eigenvalue weighted by molar-refractivity contribution is -0.0229. The van der Waals surface area contributed by atoms with Crippen molar-refractivity contribution in [2.75, 3.05) is 19.7 Å². The number of carbonyl (C=O) groups excluding carboxylic acids is 1. The lowest BCUT2D eigenvalue weighted by Crippen LogP contribution is -2.42. The third-order valence-electron chi connectivity index (χ3n) is 4.42. The second kappa shape index (κ2) is 7.79. The first-order valence-corrected chi connectivity index (χ1v) is 8.78. The summed E-state index contributed by atoms with van der Waals surface area (Å²) in [6, 6.07) is 14.2. The van der Waals surface area contributed by atoms with Gasteiger partial charge >= 0.3 is 0 Å². The van der Waals surface area contributed by atoms with Crippen LogP contribution in [0.4, 0.5) is 4.39 Å². The molecule has 0 aliphatic carbocycles. The Morgan fingerprint density at radius 2 is 2.00 bits per heavy atom. The Balaban J connectivity index is 1.69. The van der Waals surface area contributed by atoms with E-state index in [0.717, 1.165) is 12.0 Å². The molecule has 2 aromatic rings. The Hall–Kier alpha value is -2.20. The molecule has 1 amide bonds. The summed E-state index contributed by atoms with van der Waals surface area (Å²) in [6.07, 6.45) is 0.724. The Morgan fingerprint density at radius 1 is 1.24 bits per heavy atom. The molecule has 4 heteroatoms. The lowest BCUT2D eigenvalue weighted by Gasteiger charge is -2.33. The summed E-state index contributed by atoms with van der Waals surface area (Å²) in [7, 11) is 0. The number of morpholine rings is 1. The van der Waals surface area contributed by atoms with Gasteiger partial charge in [0.15, 0.2) is 0 Å². The number of benzene rings is 2. The number of amides is 1. The molecule has 1 saturated heterocycles. The quantitative estimate of drug-likeness (QED) is 0.832. The van der Waals surface area contributed by atoms with E-state index in [1.165, 1.54) is 17.7 Å². The summed E-state index contributed by atoms with van der Waals surface area (Å²) in [5.74, 6) is 0.305. The van der Waals surface area contributed by atoms with Gasteiger partial charge in [0.05, 0.1) is 13.2 Å². The summed E-state index contributed by atoms with van der Waals surface area (Å²) in [4.78, 5) is 14.6. The lowest BCUT2D eigenvalue weighted by atomic mass is 10.0. The van der Waals surface area contributed by atoms with Gasteiger partial charge in [0.2, 0.25) is 0 Å². The molecule has 1 atom stereocenters. The molecule has 0 N–H and O–H groups in total. The number of hydrogen-bond acceptors (Lipinski definition) is 2. The molecule has 1 aliphatic heterocycles. The molecule has 0 bridgehead atoms. The molecule has 1 unspecified atom stereocenters. The summed E-state index contributed by atoms with van der Waals surface area (Å²) in [5, 5.41) is 0. The average molecular weight is 341 g/mol. The van der Waals surface area contributed by atoms with Crippen LogP contribution in [0.5, 0.6) is 0 Å². The van der Waals surface area contributed by atoms with Crippen molar-refractivity contribution in [2.45, 2.75) is 26.4 Å². The first kappa shape index (κ1) is 17.6. The van der Waals surface area contributed by atoms with Gasteiger partial charge in [-0.1, -0.05) is 38.1 Å². The van der Waals surface area contributed by atoms with Gasteiger partial charge in [-0.25, -0.2) is 4.39 Å². The zero-order valence-electron chi connectivity index (χ0n) is 14.7. The molecule has 0 aromatic heterocycles. The molecule has 25 heavy (non-hydrogen) atoms. The van der Waals surface area contributed by atoms with Gasteiger partial charge < -0.3 is 9.64 Å². The summed E-state index contributed by atoms with van der Waals surface area (Å²) in [6.45, 7) is 5.81. The molecular formula is C21H24FNO2. The monoisotopic (exact) mass is 341 g/mol. The van der Waals surface area contributed by atoms with Crippen molar-refractivity contribution in [3.63, 3.8) is 0 Å². The second-order valence-electron chi connectivity index (χ2n) is 6.96. The van der Waals surface area contributed by atoms with Crippen LogP contribution in [0.3, 0.4) is 0 Å². The molecule has 3 rings (SSSR count). The normalized spacial score (nSPS) is 17.8. The van der Waals surface area contributed by atoms with Crippen molar-refractivity contribution in [1.29, 1.82) is 0 Å². The van der Waals surface area contributed by atoms with E-state index in [-0.39, 0.29) is 17.8 Å². The maximum absolute atomic E-state index is 13.4. The SMILES string of the molecule is CC(C)Cc1ccc(C(=O)N2CCOC(c3cccc(F)c3)C2)cc1. The number of ether oxygens (including phenoxy) is 1. The zero-order chi connectivity index (χ0) is 17.8. The topological polar surface area (TPSA) is 29.5 Å². The van der Waals surface area contributed by atoms with E-state index in [1.54, 1.807) is 11.0 Å². The minimum absolute atomic E-state index is 0.000741. The van der Waals surface area contributed by atoms with Crippen LogP contribution in [0.25, 0.3) is 0 Å². The summed E-state index contributed by atoms with van der Waals surface area (Å²) >= 11 is 0. The highest BCUT2D eigenvalue weighted by molar-refractivity contribution is 5.94. The average Bonchev–Trinajstić information content (AvgIpc) is 2.61. The Labute approximate surface area is 148 Å². The van der Waals surface area contributed by atoms with Gasteiger partial charge in [0.1, 0.15) is 11.9 Å². The third-order valence-corrected chi connectivity index (χ3v) is 4.42. The van der Waals surface area contributed by atoms with Crippen LogP contribution in [-0.4, -0.2) is 30.5 Å². The largest absolute Gasteiger partial charge is 0.370 e. The highest BCUT2D eigenvalue weighted by atomic mass is 19.1. The molecule has 1 aliphatic rings. The molecule has 0 spiro atoms. The van der Waals surface area contributed by atoms with Crippen LogP contribution in [0.1, 0.15) is 41.4 Å². The molecule has 1 fully saturated rings. The highest BCUT2D eigenvalue weighted by Crippen LogP contribution is 2.24. The van der Waals surface area contributed by atoms with E-state index in [4.69, 9.17) is 4.74 Å². The van der Waals surface area contributed by atoms with Crippen LogP contribution in [0.15, 0.2) is 48.5 Å². The summed E-state index contributed by atoms with van der Waals surface area (Å²) < 4.78 is 19.2. The maximum atomic E-state index is 13.4. The molecular weight excluding hydrogens is 317 g/mol. The van der Waals surface area contributed by atoms with Crippen molar-refractivity contribution in [3.8, 4) is 0 Å². The fourth-order valence-corrected chi connectivity index (χ4v) is 3.18.